The number of benzene rings is 2. The molecule has 0 saturated carbocycles. The van der Waals surface area contributed by atoms with Crippen LogP contribution < -0.4 is 5.32 Å². The lowest BCUT2D eigenvalue weighted by atomic mass is 10.1. The minimum absolute atomic E-state index is 0.0506. The highest BCUT2D eigenvalue weighted by molar-refractivity contribution is 6.09. The van der Waals surface area contributed by atoms with E-state index >= 15 is 0 Å². The summed E-state index contributed by atoms with van der Waals surface area (Å²) in [5, 5.41) is 22.5. The van der Waals surface area contributed by atoms with Gasteiger partial charge < -0.3 is 5.32 Å². The Morgan fingerprint density at radius 3 is 2.42 bits per heavy atom. The van der Waals surface area contributed by atoms with E-state index < -0.39 is 10.8 Å². The number of nitrogens with one attached hydrogen (secondary N) is 1. The van der Waals surface area contributed by atoms with E-state index in [2.05, 4.69) is 5.32 Å². The molecule has 2 aromatic carbocycles. The van der Waals surface area contributed by atoms with Crippen molar-refractivity contribution in [3.8, 4) is 6.07 Å². The summed E-state index contributed by atoms with van der Waals surface area (Å²) < 4.78 is 0. The van der Waals surface area contributed by atoms with Gasteiger partial charge in [0.15, 0.2) is 0 Å². The number of amides is 1. The van der Waals surface area contributed by atoms with Crippen LogP contribution in [-0.2, 0) is 4.79 Å². The van der Waals surface area contributed by atoms with Gasteiger partial charge in [-0.25, -0.2) is 0 Å². The van der Waals surface area contributed by atoms with E-state index in [0.29, 0.717) is 11.3 Å². The number of nitro groups is 1. The van der Waals surface area contributed by atoms with Crippen LogP contribution in [-0.4, -0.2) is 10.8 Å². The van der Waals surface area contributed by atoms with E-state index in [4.69, 9.17) is 0 Å². The molecule has 24 heavy (non-hydrogen) atoms. The second-order valence-electron chi connectivity index (χ2n) is 5.29. The summed E-state index contributed by atoms with van der Waals surface area (Å²) >= 11 is 0. The number of hydrogen-bond acceptors (Lipinski definition) is 4. The van der Waals surface area contributed by atoms with Crippen LogP contribution >= 0.6 is 0 Å². The van der Waals surface area contributed by atoms with Gasteiger partial charge >= 0.3 is 0 Å². The molecule has 0 heterocycles. The molecule has 0 spiro atoms. The topological polar surface area (TPSA) is 96.0 Å². The Bertz CT molecular complexity index is 862. The van der Waals surface area contributed by atoms with E-state index in [1.807, 2.05) is 32.0 Å². The fourth-order valence-electron chi connectivity index (χ4n) is 2.15. The van der Waals surface area contributed by atoms with Gasteiger partial charge in [0.25, 0.3) is 11.6 Å². The third kappa shape index (κ3) is 4.05. The van der Waals surface area contributed by atoms with Gasteiger partial charge in [0, 0.05) is 17.8 Å². The zero-order chi connectivity index (χ0) is 17.7. The molecular weight excluding hydrogens is 306 g/mol. The summed E-state index contributed by atoms with van der Waals surface area (Å²) in [4.78, 5) is 22.4. The fourth-order valence-corrected chi connectivity index (χ4v) is 2.15. The zero-order valence-electron chi connectivity index (χ0n) is 13.2. The largest absolute Gasteiger partial charge is 0.321 e. The maximum atomic E-state index is 12.3. The number of carbonyl (C=O) groups excluding carboxylic acids is 1. The Kier molecular flexibility index (Phi) is 5.07. The summed E-state index contributed by atoms with van der Waals surface area (Å²) in [5.41, 5.74) is 3.01. The summed E-state index contributed by atoms with van der Waals surface area (Å²) in [5.74, 6) is -0.525. The van der Waals surface area contributed by atoms with Gasteiger partial charge in [-0.05, 0) is 49.2 Å². The second kappa shape index (κ2) is 7.20. The summed E-state index contributed by atoms with van der Waals surface area (Å²) in [6.07, 6.45) is 1.39. The maximum absolute atomic E-state index is 12.3. The molecule has 0 bridgehead atoms. The molecule has 6 heteroatoms. The van der Waals surface area contributed by atoms with E-state index in [1.165, 1.54) is 30.3 Å². The number of rotatable bonds is 4. The Labute approximate surface area is 139 Å². The molecule has 0 atom stereocenters. The molecule has 0 aliphatic rings. The molecule has 0 aliphatic heterocycles. The molecule has 0 saturated heterocycles. The first-order valence-electron chi connectivity index (χ1n) is 7.15. The Hall–Kier alpha value is -3.46. The average molecular weight is 321 g/mol. The van der Waals surface area contributed by atoms with Crippen LogP contribution in [0.5, 0.6) is 0 Å². The summed E-state index contributed by atoms with van der Waals surface area (Å²) in [6, 6.07) is 13.1. The molecular formula is C18H15N3O3. The third-order valence-electron chi connectivity index (χ3n) is 3.41. The van der Waals surface area contributed by atoms with Crippen molar-refractivity contribution in [2.24, 2.45) is 0 Å². The first-order chi connectivity index (χ1) is 11.4. The number of aryl methyl sites for hydroxylation is 2. The van der Waals surface area contributed by atoms with Gasteiger partial charge in [-0.3, -0.25) is 14.9 Å². The van der Waals surface area contributed by atoms with Crippen LogP contribution in [0.4, 0.5) is 11.4 Å². The normalized spacial score (nSPS) is 10.8. The van der Waals surface area contributed by atoms with Crippen LogP contribution in [0.1, 0.15) is 16.7 Å². The molecule has 0 aliphatic carbocycles. The van der Waals surface area contributed by atoms with Gasteiger partial charge in [0.2, 0.25) is 0 Å². The number of non-ortho nitro benzene ring substituents is 1. The molecule has 1 amide bonds. The molecule has 2 aromatic rings. The van der Waals surface area contributed by atoms with Crippen LogP contribution in [0.2, 0.25) is 0 Å². The van der Waals surface area contributed by atoms with Gasteiger partial charge in [-0.15, -0.1) is 0 Å². The highest BCUT2D eigenvalue weighted by Crippen LogP contribution is 2.18. The molecule has 0 fully saturated rings. The summed E-state index contributed by atoms with van der Waals surface area (Å²) in [6.45, 7) is 3.82. The lowest BCUT2D eigenvalue weighted by Gasteiger charge is -2.08. The van der Waals surface area contributed by atoms with Crippen molar-refractivity contribution in [1.29, 1.82) is 5.26 Å². The number of anilines is 1. The van der Waals surface area contributed by atoms with Crippen molar-refractivity contribution < 1.29 is 9.72 Å². The summed E-state index contributed by atoms with van der Waals surface area (Å²) in [7, 11) is 0. The highest BCUT2D eigenvalue weighted by Gasteiger charge is 2.11. The Balaban J connectivity index is 2.22. The van der Waals surface area contributed by atoms with Crippen LogP contribution in [0, 0.1) is 35.3 Å². The predicted octanol–water partition coefficient (Wildman–Crippen LogP) is 3.76. The van der Waals surface area contributed by atoms with Crippen LogP contribution in [0.25, 0.3) is 6.08 Å². The molecule has 1 N–H and O–H groups in total. The monoisotopic (exact) mass is 321 g/mol. The number of nitriles is 1. The highest BCUT2D eigenvalue weighted by atomic mass is 16.6. The van der Waals surface area contributed by atoms with Crippen molar-refractivity contribution in [3.05, 3.63) is 74.8 Å². The predicted molar refractivity (Wildman–Crippen MR) is 91.2 cm³/mol. The molecule has 0 radical (unpaired) electrons. The SMILES string of the molecule is Cc1ccc(NC(=O)/C(C#N)=C\c2ccc([N+](=O)[O-])cc2)c(C)c1. The van der Waals surface area contributed by atoms with Gasteiger partial charge in [-0.2, -0.15) is 5.26 Å². The van der Waals surface area contributed by atoms with E-state index in [9.17, 15) is 20.2 Å². The molecule has 0 aromatic heterocycles. The van der Waals surface area contributed by atoms with Gasteiger partial charge in [0.1, 0.15) is 11.6 Å². The van der Waals surface area contributed by atoms with Crippen molar-refractivity contribution >= 4 is 23.4 Å². The van der Waals surface area contributed by atoms with Crippen molar-refractivity contribution in [1.82, 2.24) is 0 Å². The van der Waals surface area contributed by atoms with E-state index in [0.717, 1.165) is 11.1 Å². The first-order valence-corrected chi connectivity index (χ1v) is 7.15. The maximum Gasteiger partial charge on any atom is 0.269 e. The van der Waals surface area contributed by atoms with Crippen molar-refractivity contribution in [3.63, 3.8) is 0 Å². The molecule has 6 nitrogen and oxygen atoms in total. The van der Waals surface area contributed by atoms with E-state index in [-0.39, 0.29) is 11.3 Å². The quantitative estimate of drug-likeness (QED) is 0.401. The minimum Gasteiger partial charge on any atom is -0.321 e. The van der Waals surface area contributed by atoms with Crippen LogP contribution in [0.3, 0.4) is 0 Å². The first kappa shape index (κ1) is 16.9. The van der Waals surface area contributed by atoms with Gasteiger partial charge in [-0.1, -0.05) is 17.7 Å². The molecule has 120 valence electrons. The zero-order valence-corrected chi connectivity index (χ0v) is 13.2. The smallest absolute Gasteiger partial charge is 0.269 e. The Morgan fingerprint density at radius 2 is 1.88 bits per heavy atom. The standard InChI is InChI=1S/C18H15N3O3/c1-12-3-8-17(13(2)9-12)20-18(22)15(11-19)10-14-4-6-16(7-5-14)21(23)24/h3-10H,1-2H3,(H,20,22)/b15-10-. The molecule has 0 unspecified atom stereocenters. The van der Waals surface area contributed by atoms with Crippen molar-refractivity contribution in [2.45, 2.75) is 13.8 Å². The van der Waals surface area contributed by atoms with Crippen molar-refractivity contribution in [2.75, 3.05) is 5.32 Å². The lowest BCUT2D eigenvalue weighted by molar-refractivity contribution is -0.384. The molecule has 2 rings (SSSR count). The number of nitro benzene ring substituents is 1. The lowest BCUT2D eigenvalue weighted by Crippen LogP contribution is -2.14. The third-order valence-corrected chi connectivity index (χ3v) is 3.41. The average Bonchev–Trinajstić information content (AvgIpc) is 2.55. The number of hydrogen-bond donors (Lipinski definition) is 1. The van der Waals surface area contributed by atoms with Crippen LogP contribution in [0.15, 0.2) is 48.0 Å². The van der Waals surface area contributed by atoms with Gasteiger partial charge in [0.05, 0.1) is 4.92 Å². The fraction of sp³-hybridized carbons (Fsp3) is 0.111. The minimum atomic E-state index is -0.525. The number of nitrogens with zero attached hydrogens (tertiary/aromatic N) is 2. The van der Waals surface area contributed by atoms with E-state index in [1.54, 1.807) is 6.07 Å². The Morgan fingerprint density at radius 1 is 1.21 bits per heavy atom. The second-order valence-corrected chi connectivity index (χ2v) is 5.29. The number of carbonyl (C=O) groups is 1.